The van der Waals surface area contributed by atoms with Crippen molar-refractivity contribution in [2.24, 2.45) is 5.92 Å². The van der Waals surface area contributed by atoms with Gasteiger partial charge in [-0.1, -0.05) is 36.2 Å². The molecule has 1 aromatic carbocycles. The Morgan fingerprint density at radius 3 is 2.52 bits per heavy atom. The molecule has 0 fully saturated rings. The second kappa shape index (κ2) is 13.1. The number of benzene rings is 1. The van der Waals surface area contributed by atoms with Gasteiger partial charge in [0.1, 0.15) is 5.82 Å². The maximum absolute atomic E-state index is 13.0. The summed E-state index contributed by atoms with van der Waals surface area (Å²) >= 11 is 0. The van der Waals surface area contributed by atoms with Gasteiger partial charge in [0.15, 0.2) is 0 Å². The van der Waals surface area contributed by atoms with Gasteiger partial charge in [-0.2, -0.15) is 0 Å². The van der Waals surface area contributed by atoms with E-state index in [0.29, 0.717) is 25.1 Å². The number of aliphatic hydroxyl groups excluding tert-OH is 1. The summed E-state index contributed by atoms with van der Waals surface area (Å²) in [5.74, 6) is -1.25. The number of aryl methyl sites for hydroxylation is 1. The van der Waals surface area contributed by atoms with Gasteiger partial charge in [-0.05, 0) is 50.4 Å². The molecule has 170 valence electrons. The predicted octanol–water partition coefficient (Wildman–Crippen LogP) is 3.22. The largest absolute Gasteiger partial charge is 0.394 e. The summed E-state index contributed by atoms with van der Waals surface area (Å²) in [6, 6.07) is 10.5. The standard InChI is InChI=1S/C23H32FN3O4/c1-16-6-8-17(9-7-16)22(31-2)13-18(23(29)27-30)5-3-4-12-25-21(15-28)20-11-10-19(24)14-26-20/h6-11,14,18,21-22,25,28,30H,3-5,12-13,15H2,1-2H3,(H,27,29)/t18-,21+,22+/m0/s1. The minimum atomic E-state index is -0.425. The van der Waals surface area contributed by atoms with Gasteiger partial charge in [0.2, 0.25) is 5.91 Å². The van der Waals surface area contributed by atoms with Crippen molar-refractivity contribution in [3.05, 3.63) is 65.2 Å². The van der Waals surface area contributed by atoms with Gasteiger partial charge < -0.3 is 15.2 Å². The molecule has 8 heteroatoms. The maximum Gasteiger partial charge on any atom is 0.246 e. The molecule has 0 saturated carbocycles. The van der Waals surface area contributed by atoms with Crippen LogP contribution in [0.25, 0.3) is 0 Å². The van der Waals surface area contributed by atoms with Gasteiger partial charge in [-0.25, -0.2) is 9.87 Å². The smallest absolute Gasteiger partial charge is 0.246 e. The van der Waals surface area contributed by atoms with Crippen LogP contribution < -0.4 is 10.8 Å². The summed E-state index contributed by atoms with van der Waals surface area (Å²) in [5.41, 5.74) is 4.47. The van der Waals surface area contributed by atoms with Crippen LogP contribution in [0.5, 0.6) is 0 Å². The zero-order valence-electron chi connectivity index (χ0n) is 18.1. The van der Waals surface area contributed by atoms with Crippen LogP contribution in [0.15, 0.2) is 42.6 Å². The van der Waals surface area contributed by atoms with Crippen LogP contribution >= 0.6 is 0 Å². The van der Waals surface area contributed by atoms with Crippen molar-refractivity contribution in [1.82, 2.24) is 15.8 Å². The molecule has 2 rings (SSSR count). The molecule has 0 bridgehead atoms. The van der Waals surface area contributed by atoms with Gasteiger partial charge in [0, 0.05) is 13.0 Å². The Kier molecular flexibility index (Phi) is 10.5. The van der Waals surface area contributed by atoms with Gasteiger partial charge in [-0.3, -0.25) is 15.0 Å². The highest BCUT2D eigenvalue weighted by Gasteiger charge is 2.23. The number of ether oxygens (including phenoxy) is 1. The van der Waals surface area contributed by atoms with Gasteiger partial charge in [0.05, 0.1) is 30.6 Å². The molecule has 0 aliphatic heterocycles. The molecule has 0 saturated heterocycles. The van der Waals surface area contributed by atoms with Crippen LogP contribution in [0, 0.1) is 18.7 Å². The number of unbranched alkanes of at least 4 members (excludes halogenated alkanes) is 1. The zero-order chi connectivity index (χ0) is 22.6. The van der Waals surface area contributed by atoms with Crippen LogP contribution in [0.1, 0.15) is 54.6 Å². The third-order valence-corrected chi connectivity index (χ3v) is 5.37. The number of nitrogens with one attached hydrogen (secondary N) is 2. The van der Waals surface area contributed by atoms with E-state index in [4.69, 9.17) is 9.94 Å². The van der Waals surface area contributed by atoms with E-state index in [0.717, 1.165) is 30.2 Å². The van der Waals surface area contributed by atoms with E-state index in [-0.39, 0.29) is 18.8 Å². The van der Waals surface area contributed by atoms with E-state index in [9.17, 15) is 14.3 Å². The molecular weight excluding hydrogens is 401 g/mol. The molecule has 1 amide bonds. The Morgan fingerprint density at radius 1 is 1.19 bits per heavy atom. The van der Waals surface area contributed by atoms with E-state index in [1.807, 2.05) is 31.2 Å². The summed E-state index contributed by atoms with van der Waals surface area (Å²) in [6.45, 7) is 2.46. The molecule has 0 unspecified atom stereocenters. The molecule has 1 heterocycles. The number of rotatable bonds is 13. The fourth-order valence-corrected chi connectivity index (χ4v) is 3.50. The van der Waals surface area contributed by atoms with Gasteiger partial charge in [-0.15, -0.1) is 0 Å². The molecule has 3 atom stereocenters. The highest BCUT2D eigenvalue weighted by atomic mass is 19.1. The molecular formula is C23H32FN3O4. The lowest BCUT2D eigenvalue weighted by Gasteiger charge is -2.22. The molecule has 0 spiro atoms. The highest BCUT2D eigenvalue weighted by Crippen LogP contribution is 2.28. The Hall–Kier alpha value is -2.39. The number of hydrogen-bond donors (Lipinski definition) is 4. The number of aromatic nitrogens is 1. The number of carbonyl (C=O) groups excluding carboxylic acids is 1. The number of amides is 1. The zero-order valence-corrected chi connectivity index (χ0v) is 18.1. The van der Waals surface area contributed by atoms with Crippen LogP contribution in [0.3, 0.4) is 0 Å². The number of nitrogens with zero attached hydrogens (tertiary/aromatic N) is 1. The monoisotopic (exact) mass is 433 g/mol. The summed E-state index contributed by atoms with van der Waals surface area (Å²) in [4.78, 5) is 16.2. The number of hydrogen-bond acceptors (Lipinski definition) is 6. The second-order valence-corrected chi connectivity index (χ2v) is 7.63. The third-order valence-electron chi connectivity index (χ3n) is 5.37. The van der Waals surface area contributed by atoms with Gasteiger partial charge >= 0.3 is 0 Å². The Labute approximate surface area is 182 Å². The molecule has 0 aliphatic carbocycles. The molecule has 2 aromatic rings. The lowest BCUT2D eigenvalue weighted by molar-refractivity contribution is -0.135. The maximum atomic E-state index is 13.0. The first-order chi connectivity index (χ1) is 15.0. The van der Waals surface area contributed by atoms with Crippen LogP contribution in [0.2, 0.25) is 0 Å². The molecule has 7 nitrogen and oxygen atoms in total. The Bertz CT molecular complexity index is 786. The van der Waals surface area contributed by atoms with Crippen LogP contribution in [0.4, 0.5) is 4.39 Å². The minimum absolute atomic E-state index is 0.153. The number of aliphatic hydroxyl groups is 1. The summed E-state index contributed by atoms with van der Waals surface area (Å²) in [6.07, 6.45) is 3.41. The average Bonchev–Trinajstić information content (AvgIpc) is 2.79. The fraction of sp³-hybridized carbons (Fsp3) is 0.478. The predicted molar refractivity (Wildman–Crippen MR) is 115 cm³/mol. The highest BCUT2D eigenvalue weighted by molar-refractivity contribution is 5.77. The number of methoxy groups -OCH3 is 1. The summed E-state index contributed by atoms with van der Waals surface area (Å²) in [5, 5.41) is 21.9. The first kappa shape index (κ1) is 24.9. The van der Waals surface area contributed by atoms with E-state index in [1.54, 1.807) is 18.7 Å². The molecule has 31 heavy (non-hydrogen) atoms. The lowest BCUT2D eigenvalue weighted by atomic mass is 9.91. The van der Waals surface area contributed by atoms with Crippen molar-refractivity contribution in [3.8, 4) is 0 Å². The second-order valence-electron chi connectivity index (χ2n) is 7.63. The number of carbonyl (C=O) groups is 1. The Balaban J connectivity index is 1.84. The molecule has 0 radical (unpaired) electrons. The van der Waals surface area contributed by atoms with Crippen LogP contribution in [-0.4, -0.2) is 41.5 Å². The molecule has 4 N–H and O–H groups in total. The van der Waals surface area contributed by atoms with Crippen molar-refractivity contribution in [3.63, 3.8) is 0 Å². The van der Waals surface area contributed by atoms with E-state index in [2.05, 4.69) is 10.3 Å². The van der Waals surface area contributed by atoms with E-state index < -0.39 is 17.6 Å². The van der Waals surface area contributed by atoms with Crippen molar-refractivity contribution >= 4 is 5.91 Å². The number of pyridine rings is 1. The van der Waals surface area contributed by atoms with Crippen molar-refractivity contribution in [2.45, 2.75) is 44.8 Å². The van der Waals surface area contributed by atoms with Crippen molar-refractivity contribution < 1.29 is 24.2 Å². The van der Waals surface area contributed by atoms with Crippen molar-refractivity contribution in [2.75, 3.05) is 20.3 Å². The Morgan fingerprint density at radius 2 is 1.94 bits per heavy atom. The van der Waals surface area contributed by atoms with Gasteiger partial charge in [0.25, 0.3) is 0 Å². The van der Waals surface area contributed by atoms with E-state index in [1.165, 1.54) is 6.07 Å². The average molecular weight is 434 g/mol. The molecule has 0 aliphatic rings. The molecule has 1 aromatic heterocycles. The first-order valence-electron chi connectivity index (χ1n) is 10.5. The first-order valence-corrected chi connectivity index (χ1v) is 10.5. The number of hydroxylamine groups is 1. The van der Waals surface area contributed by atoms with Crippen LogP contribution in [-0.2, 0) is 9.53 Å². The summed E-state index contributed by atoms with van der Waals surface area (Å²) < 4.78 is 18.6. The quantitative estimate of drug-likeness (QED) is 0.220. The van der Waals surface area contributed by atoms with E-state index >= 15 is 0 Å². The SMILES string of the molecule is CO[C@H](C[C@H](CCCCN[C@H](CO)c1ccc(F)cn1)C(=O)NO)c1ccc(C)cc1. The normalized spacial score (nSPS) is 14.1. The number of halogens is 1. The lowest BCUT2D eigenvalue weighted by Crippen LogP contribution is -2.30. The van der Waals surface area contributed by atoms with Crippen molar-refractivity contribution in [1.29, 1.82) is 0 Å². The fourth-order valence-electron chi connectivity index (χ4n) is 3.50. The minimum Gasteiger partial charge on any atom is -0.394 e. The third kappa shape index (κ3) is 7.99. The summed E-state index contributed by atoms with van der Waals surface area (Å²) in [7, 11) is 1.61. The topological polar surface area (TPSA) is 104 Å².